The van der Waals surface area contributed by atoms with Gasteiger partial charge in [0, 0.05) is 12.6 Å². The molecule has 11 heavy (non-hydrogen) atoms. The zero-order chi connectivity index (χ0) is 8.48. The smallest absolute Gasteiger partial charge is 0.0662 e. The van der Waals surface area contributed by atoms with E-state index in [0.717, 1.165) is 25.8 Å². The lowest BCUT2D eigenvalue weighted by Gasteiger charge is -2.22. The van der Waals surface area contributed by atoms with Crippen LogP contribution in [0.4, 0.5) is 0 Å². The Kier molecular flexibility index (Phi) is 2.55. The highest BCUT2D eigenvalue weighted by atomic mass is 16.3. The van der Waals surface area contributed by atoms with Gasteiger partial charge in [-0.05, 0) is 40.2 Å². The van der Waals surface area contributed by atoms with E-state index in [9.17, 15) is 5.11 Å². The first kappa shape index (κ1) is 9.01. The molecule has 0 amide bonds. The fourth-order valence-electron chi connectivity index (χ4n) is 1.04. The van der Waals surface area contributed by atoms with Crippen LogP contribution in [0.15, 0.2) is 0 Å². The summed E-state index contributed by atoms with van der Waals surface area (Å²) in [4.78, 5) is 2.27. The summed E-state index contributed by atoms with van der Waals surface area (Å²) in [6.07, 6.45) is 2.97. The third kappa shape index (κ3) is 2.80. The lowest BCUT2D eigenvalue weighted by Crippen LogP contribution is -2.29. The lowest BCUT2D eigenvalue weighted by molar-refractivity contribution is 0.118. The Labute approximate surface area is 69.2 Å². The maximum absolute atomic E-state index is 9.53. The van der Waals surface area contributed by atoms with Crippen molar-refractivity contribution in [2.75, 3.05) is 13.6 Å². The lowest BCUT2D eigenvalue weighted by atomic mass is 10.2. The molecule has 0 radical (unpaired) electrons. The molecule has 1 fully saturated rings. The Morgan fingerprint density at radius 3 is 2.36 bits per heavy atom. The highest BCUT2D eigenvalue weighted by Gasteiger charge is 2.39. The van der Waals surface area contributed by atoms with Gasteiger partial charge < -0.3 is 10.0 Å². The Hall–Kier alpha value is -0.0800. The van der Waals surface area contributed by atoms with Gasteiger partial charge in [0.1, 0.15) is 0 Å². The van der Waals surface area contributed by atoms with E-state index in [4.69, 9.17) is 0 Å². The van der Waals surface area contributed by atoms with E-state index in [1.807, 2.05) is 0 Å². The molecule has 1 rings (SSSR count). The fraction of sp³-hybridized carbons (Fsp3) is 1.00. The van der Waals surface area contributed by atoms with Crippen LogP contribution in [0.3, 0.4) is 0 Å². The van der Waals surface area contributed by atoms with Crippen molar-refractivity contribution in [3.05, 3.63) is 0 Å². The summed E-state index contributed by atoms with van der Waals surface area (Å²) in [6, 6.07) is 0.595. The van der Waals surface area contributed by atoms with E-state index in [2.05, 4.69) is 25.8 Å². The van der Waals surface area contributed by atoms with E-state index >= 15 is 0 Å². The third-order valence-electron chi connectivity index (χ3n) is 2.64. The molecule has 0 aromatic rings. The van der Waals surface area contributed by atoms with Crippen LogP contribution in [0.2, 0.25) is 0 Å². The van der Waals surface area contributed by atoms with Crippen LogP contribution in [-0.2, 0) is 0 Å². The van der Waals surface area contributed by atoms with Crippen LogP contribution in [0.5, 0.6) is 0 Å². The molecule has 1 aliphatic rings. The highest BCUT2D eigenvalue weighted by molar-refractivity contribution is 4.93. The second kappa shape index (κ2) is 3.11. The molecule has 0 unspecified atom stereocenters. The minimum Gasteiger partial charge on any atom is -0.390 e. The summed E-state index contributed by atoms with van der Waals surface area (Å²) in [6.45, 7) is 5.38. The van der Waals surface area contributed by atoms with Gasteiger partial charge in [-0.2, -0.15) is 0 Å². The van der Waals surface area contributed by atoms with Gasteiger partial charge in [-0.15, -0.1) is 0 Å². The number of hydrogen-bond acceptors (Lipinski definition) is 2. The van der Waals surface area contributed by atoms with Gasteiger partial charge in [-0.1, -0.05) is 0 Å². The molecule has 0 aromatic carbocycles. The highest BCUT2D eigenvalue weighted by Crippen LogP contribution is 2.38. The summed E-state index contributed by atoms with van der Waals surface area (Å²) in [5, 5.41) is 9.53. The number of nitrogens with zero attached hydrogens (tertiary/aromatic N) is 1. The minimum atomic E-state index is -0.275. The molecule has 66 valence electrons. The van der Waals surface area contributed by atoms with Crippen molar-refractivity contribution >= 4 is 0 Å². The van der Waals surface area contributed by atoms with E-state index in [0.29, 0.717) is 6.04 Å². The van der Waals surface area contributed by atoms with Crippen molar-refractivity contribution < 1.29 is 5.11 Å². The molecule has 0 atom stereocenters. The molecular formula is C9H19NO. The largest absolute Gasteiger partial charge is 0.390 e. The standard InChI is InChI=1S/C9H19NO/c1-8(2)10(3)7-6-9(11)4-5-9/h8,11H,4-7H2,1-3H3. The molecule has 0 saturated heterocycles. The van der Waals surface area contributed by atoms with Crippen molar-refractivity contribution in [3.63, 3.8) is 0 Å². The van der Waals surface area contributed by atoms with Crippen molar-refractivity contribution in [3.8, 4) is 0 Å². The monoisotopic (exact) mass is 157 g/mol. The third-order valence-corrected chi connectivity index (χ3v) is 2.64. The first-order valence-corrected chi connectivity index (χ1v) is 4.46. The molecule has 0 spiro atoms. The van der Waals surface area contributed by atoms with Crippen LogP contribution in [0.25, 0.3) is 0 Å². The van der Waals surface area contributed by atoms with Crippen molar-refractivity contribution in [1.82, 2.24) is 4.90 Å². The molecule has 2 heteroatoms. The summed E-state index contributed by atoms with van der Waals surface area (Å²) in [7, 11) is 2.11. The van der Waals surface area contributed by atoms with Crippen LogP contribution >= 0.6 is 0 Å². The van der Waals surface area contributed by atoms with Gasteiger partial charge in [-0.3, -0.25) is 0 Å². The topological polar surface area (TPSA) is 23.5 Å². The van der Waals surface area contributed by atoms with Crippen molar-refractivity contribution in [1.29, 1.82) is 0 Å². The second-order valence-corrected chi connectivity index (χ2v) is 4.05. The van der Waals surface area contributed by atoms with Gasteiger partial charge in [-0.25, -0.2) is 0 Å². The van der Waals surface area contributed by atoms with Crippen LogP contribution < -0.4 is 0 Å². The van der Waals surface area contributed by atoms with Crippen molar-refractivity contribution in [2.45, 2.75) is 44.8 Å². The predicted octanol–water partition coefficient (Wildman–Crippen LogP) is 1.24. The van der Waals surface area contributed by atoms with Gasteiger partial charge in [0.2, 0.25) is 0 Å². The van der Waals surface area contributed by atoms with Crippen LogP contribution in [0, 0.1) is 0 Å². The molecular weight excluding hydrogens is 138 g/mol. The molecule has 2 nitrogen and oxygen atoms in total. The van der Waals surface area contributed by atoms with Crippen LogP contribution in [-0.4, -0.2) is 35.2 Å². The van der Waals surface area contributed by atoms with Gasteiger partial charge in [0.25, 0.3) is 0 Å². The van der Waals surface area contributed by atoms with E-state index in [-0.39, 0.29) is 5.60 Å². The van der Waals surface area contributed by atoms with E-state index < -0.39 is 0 Å². The Morgan fingerprint density at radius 1 is 1.45 bits per heavy atom. The average molecular weight is 157 g/mol. The number of hydrogen-bond donors (Lipinski definition) is 1. The Balaban J connectivity index is 2.11. The van der Waals surface area contributed by atoms with Gasteiger partial charge in [0.15, 0.2) is 0 Å². The van der Waals surface area contributed by atoms with E-state index in [1.54, 1.807) is 0 Å². The molecule has 0 aliphatic heterocycles. The number of rotatable bonds is 4. The van der Waals surface area contributed by atoms with Crippen LogP contribution in [0.1, 0.15) is 33.1 Å². The zero-order valence-electron chi connectivity index (χ0n) is 7.80. The maximum atomic E-state index is 9.53. The molecule has 0 heterocycles. The normalized spacial score (nSPS) is 21.3. The first-order valence-electron chi connectivity index (χ1n) is 4.46. The Bertz CT molecular complexity index is 130. The second-order valence-electron chi connectivity index (χ2n) is 4.05. The minimum absolute atomic E-state index is 0.275. The molecule has 1 saturated carbocycles. The summed E-state index contributed by atoms with van der Waals surface area (Å²) in [5.74, 6) is 0. The SMILES string of the molecule is CC(C)N(C)CCC1(O)CC1. The molecule has 1 N–H and O–H groups in total. The summed E-state index contributed by atoms with van der Waals surface area (Å²) >= 11 is 0. The molecule has 0 bridgehead atoms. The maximum Gasteiger partial charge on any atom is 0.0662 e. The quantitative estimate of drug-likeness (QED) is 0.663. The fourth-order valence-corrected chi connectivity index (χ4v) is 1.04. The van der Waals surface area contributed by atoms with Gasteiger partial charge >= 0.3 is 0 Å². The zero-order valence-corrected chi connectivity index (χ0v) is 7.80. The number of aliphatic hydroxyl groups is 1. The van der Waals surface area contributed by atoms with Crippen molar-refractivity contribution in [2.24, 2.45) is 0 Å². The molecule has 1 aliphatic carbocycles. The average Bonchev–Trinajstić information content (AvgIpc) is 2.64. The first-order chi connectivity index (χ1) is 5.03. The predicted molar refractivity (Wildman–Crippen MR) is 46.6 cm³/mol. The molecule has 0 aromatic heterocycles. The van der Waals surface area contributed by atoms with Gasteiger partial charge in [0.05, 0.1) is 5.60 Å². The Morgan fingerprint density at radius 2 is 2.00 bits per heavy atom. The summed E-state index contributed by atoms with van der Waals surface area (Å²) < 4.78 is 0. The van der Waals surface area contributed by atoms with E-state index in [1.165, 1.54) is 0 Å². The summed E-state index contributed by atoms with van der Waals surface area (Å²) in [5.41, 5.74) is -0.275.